The zero-order chi connectivity index (χ0) is 29.4. The number of ether oxygens (including phenoxy) is 1. The molecule has 2 aliphatic heterocycles. The van der Waals surface area contributed by atoms with Crippen LogP contribution < -0.4 is 21.3 Å². The smallest absolute Gasteiger partial charge is 0.250 e. The highest BCUT2D eigenvalue weighted by Crippen LogP contribution is 2.43. The number of rotatable bonds is 7. The third-order valence-electron chi connectivity index (χ3n) is 7.70. The Balaban J connectivity index is 1.56. The van der Waals surface area contributed by atoms with Gasteiger partial charge in [0.2, 0.25) is 9.84 Å². The maximum absolute atomic E-state index is 13.9. The number of aromatic amines is 1. The van der Waals surface area contributed by atoms with Crippen LogP contribution in [0.5, 0.6) is 0 Å². The fraction of sp³-hybridized carbons (Fsp3) is 0.310. The molecule has 4 aromatic rings. The van der Waals surface area contributed by atoms with E-state index in [1.165, 1.54) is 12.1 Å². The topological polar surface area (TPSA) is 142 Å². The standard InChI is InChI=1S/C29H30F2N6O4S/c30-17-13-18(31)15-21(14-17)42(39,40)20-1-3-24-23(16-20)28(36-35-24)26-25(37-9-7-33-8-10-37)4-2-22(29(32)38)27(26)34-19-5-11-41-12-6-19/h1-4,13-16,19,33-34H,5-12H2,(H2,32,38)(H,35,36). The van der Waals surface area contributed by atoms with Crippen molar-refractivity contribution < 1.29 is 26.7 Å². The second-order valence-electron chi connectivity index (χ2n) is 10.4. The van der Waals surface area contributed by atoms with E-state index in [9.17, 15) is 22.0 Å². The Morgan fingerprint density at radius 3 is 2.40 bits per heavy atom. The number of anilines is 2. The number of hydrogen-bond donors (Lipinski definition) is 4. The fourth-order valence-electron chi connectivity index (χ4n) is 5.57. The molecule has 13 heteroatoms. The van der Waals surface area contributed by atoms with E-state index in [1.54, 1.807) is 12.1 Å². The molecular weight excluding hydrogens is 566 g/mol. The lowest BCUT2D eigenvalue weighted by atomic mass is 9.96. The van der Waals surface area contributed by atoms with Crippen LogP contribution in [0.15, 0.2) is 58.3 Å². The highest BCUT2D eigenvalue weighted by molar-refractivity contribution is 7.91. The van der Waals surface area contributed by atoms with Crippen LogP contribution in [0.1, 0.15) is 23.2 Å². The normalized spacial score (nSPS) is 16.6. The number of hydrogen-bond acceptors (Lipinski definition) is 8. The van der Waals surface area contributed by atoms with E-state index in [0.717, 1.165) is 43.8 Å². The van der Waals surface area contributed by atoms with Gasteiger partial charge in [-0.3, -0.25) is 9.89 Å². The molecule has 0 bridgehead atoms. The van der Waals surface area contributed by atoms with E-state index in [2.05, 4.69) is 25.7 Å². The van der Waals surface area contributed by atoms with Crippen molar-refractivity contribution in [1.82, 2.24) is 15.5 Å². The molecule has 220 valence electrons. The van der Waals surface area contributed by atoms with Gasteiger partial charge in [-0.25, -0.2) is 17.2 Å². The molecule has 5 N–H and O–H groups in total. The highest BCUT2D eigenvalue weighted by Gasteiger charge is 2.28. The molecule has 3 aromatic carbocycles. The van der Waals surface area contributed by atoms with Gasteiger partial charge in [0.25, 0.3) is 5.91 Å². The van der Waals surface area contributed by atoms with Gasteiger partial charge in [0, 0.05) is 62.6 Å². The Morgan fingerprint density at radius 2 is 1.71 bits per heavy atom. The first kappa shape index (κ1) is 28.1. The van der Waals surface area contributed by atoms with Gasteiger partial charge < -0.3 is 26.0 Å². The number of aromatic nitrogens is 2. The lowest BCUT2D eigenvalue weighted by Gasteiger charge is -2.33. The van der Waals surface area contributed by atoms with Crippen LogP contribution in [0, 0.1) is 11.6 Å². The second-order valence-corrected chi connectivity index (χ2v) is 12.4. The number of sulfone groups is 1. The number of benzene rings is 3. The number of amides is 1. The second kappa shape index (κ2) is 11.3. The molecule has 2 fully saturated rings. The summed E-state index contributed by atoms with van der Waals surface area (Å²) in [5.74, 6) is -2.60. The number of fused-ring (bicyclic) bond motifs is 1. The average molecular weight is 597 g/mol. The lowest BCUT2D eigenvalue weighted by molar-refractivity contribution is 0.0904. The molecule has 0 unspecified atom stereocenters. The molecule has 2 saturated heterocycles. The SMILES string of the molecule is NC(=O)c1ccc(N2CCNCC2)c(-c2n[nH]c3ccc(S(=O)(=O)c4cc(F)cc(F)c4)cc23)c1NC1CCOCC1. The molecule has 3 heterocycles. The predicted octanol–water partition coefficient (Wildman–Crippen LogP) is 3.44. The number of nitrogens with zero attached hydrogens (tertiary/aromatic N) is 2. The van der Waals surface area contributed by atoms with Gasteiger partial charge in [-0.05, 0) is 55.3 Å². The van der Waals surface area contributed by atoms with E-state index in [1.807, 2.05) is 6.07 Å². The molecule has 0 aliphatic carbocycles. The summed E-state index contributed by atoms with van der Waals surface area (Å²) in [4.78, 5) is 14.2. The van der Waals surface area contributed by atoms with Gasteiger partial charge in [0.1, 0.15) is 17.3 Å². The van der Waals surface area contributed by atoms with Crippen molar-refractivity contribution in [2.24, 2.45) is 5.73 Å². The first-order valence-corrected chi connectivity index (χ1v) is 15.2. The molecular formula is C29H30F2N6O4S. The van der Waals surface area contributed by atoms with Crippen molar-refractivity contribution >= 4 is 38.0 Å². The van der Waals surface area contributed by atoms with Crippen LogP contribution in [-0.2, 0) is 14.6 Å². The van der Waals surface area contributed by atoms with Crippen molar-refractivity contribution in [3.63, 3.8) is 0 Å². The molecule has 0 saturated carbocycles. The van der Waals surface area contributed by atoms with Crippen molar-refractivity contribution in [1.29, 1.82) is 0 Å². The Bertz CT molecular complexity index is 1750. The molecule has 2 aliphatic rings. The van der Waals surface area contributed by atoms with Gasteiger partial charge >= 0.3 is 0 Å². The summed E-state index contributed by atoms with van der Waals surface area (Å²) < 4.78 is 60.4. The van der Waals surface area contributed by atoms with Crippen LogP contribution in [0.25, 0.3) is 22.2 Å². The molecule has 0 radical (unpaired) electrons. The number of halogens is 2. The molecule has 0 atom stereocenters. The van der Waals surface area contributed by atoms with E-state index in [0.29, 0.717) is 60.2 Å². The minimum Gasteiger partial charge on any atom is -0.381 e. The Kier molecular flexibility index (Phi) is 7.56. The number of piperazine rings is 1. The average Bonchev–Trinajstić information content (AvgIpc) is 3.40. The third kappa shape index (κ3) is 5.30. The van der Waals surface area contributed by atoms with Crippen molar-refractivity contribution in [2.75, 3.05) is 49.6 Å². The number of carbonyl (C=O) groups is 1. The van der Waals surface area contributed by atoms with Gasteiger partial charge in [-0.2, -0.15) is 5.10 Å². The van der Waals surface area contributed by atoms with Gasteiger partial charge in [-0.1, -0.05) is 0 Å². The molecule has 0 spiro atoms. The largest absolute Gasteiger partial charge is 0.381 e. The molecule has 1 aromatic heterocycles. The third-order valence-corrected chi connectivity index (χ3v) is 9.43. The first-order chi connectivity index (χ1) is 20.2. The maximum Gasteiger partial charge on any atom is 0.250 e. The molecule has 6 rings (SSSR count). The van der Waals surface area contributed by atoms with Crippen LogP contribution in [0.3, 0.4) is 0 Å². The summed E-state index contributed by atoms with van der Waals surface area (Å²) in [5, 5.41) is 14.9. The Labute approximate surface area is 241 Å². The number of nitrogens with two attached hydrogens (primary N) is 1. The van der Waals surface area contributed by atoms with Crippen molar-refractivity contribution in [3.8, 4) is 11.3 Å². The fourth-order valence-corrected chi connectivity index (χ4v) is 6.90. The summed E-state index contributed by atoms with van der Waals surface area (Å²) in [7, 11) is -4.28. The lowest BCUT2D eigenvalue weighted by Crippen LogP contribution is -2.43. The van der Waals surface area contributed by atoms with Gasteiger partial charge in [0.05, 0.1) is 32.1 Å². The Morgan fingerprint density at radius 1 is 1.00 bits per heavy atom. The van der Waals surface area contributed by atoms with E-state index >= 15 is 0 Å². The van der Waals surface area contributed by atoms with E-state index in [4.69, 9.17) is 10.5 Å². The van der Waals surface area contributed by atoms with Crippen LogP contribution in [0.4, 0.5) is 20.2 Å². The summed E-state index contributed by atoms with van der Waals surface area (Å²) in [6, 6.07) is 10.1. The zero-order valence-corrected chi connectivity index (χ0v) is 23.4. The summed E-state index contributed by atoms with van der Waals surface area (Å²) in [5.41, 5.74) is 9.03. The monoisotopic (exact) mass is 596 g/mol. The number of primary amides is 1. The van der Waals surface area contributed by atoms with E-state index < -0.39 is 32.3 Å². The van der Waals surface area contributed by atoms with E-state index in [-0.39, 0.29) is 16.5 Å². The zero-order valence-electron chi connectivity index (χ0n) is 22.6. The Hall–Kier alpha value is -4.07. The summed E-state index contributed by atoms with van der Waals surface area (Å²) in [6.07, 6.45) is 1.45. The molecule has 10 nitrogen and oxygen atoms in total. The number of nitrogens with one attached hydrogen (secondary N) is 3. The molecule has 1 amide bonds. The van der Waals surface area contributed by atoms with Crippen molar-refractivity contribution in [2.45, 2.75) is 28.7 Å². The predicted molar refractivity (Wildman–Crippen MR) is 154 cm³/mol. The summed E-state index contributed by atoms with van der Waals surface area (Å²) in [6.45, 7) is 4.06. The minimum absolute atomic E-state index is 0.0119. The first-order valence-electron chi connectivity index (χ1n) is 13.7. The minimum atomic E-state index is -4.28. The van der Waals surface area contributed by atoms with Crippen LogP contribution >= 0.6 is 0 Å². The van der Waals surface area contributed by atoms with Gasteiger partial charge in [0.15, 0.2) is 0 Å². The van der Waals surface area contributed by atoms with Crippen LogP contribution in [-0.4, -0.2) is 70.0 Å². The van der Waals surface area contributed by atoms with Crippen molar-refractivity contribution in [3.05, 3.63) is 65.7 Å². The highest BCUT2D eigenvalue weighted by atomic mass is 32.2. The van der Waals surface area contributed by atoms with Gasteiger partial charge in [-0.15, -0.1) is 0 Å². The summed E-state index contributed by atoms with van der Waals surface area (Å²) >= 11 is 0. The van der Waals surface area contributed by atoms with Crippen LogP contribution in [0.2, 0.25) is 0 Å². The quantitative estimate of drug-likeness (QED) is 0.254. The number of H-pyrrole nitrogens is 1. The number of carbonyl (C=O) groups excluding carboxylic acids is 1. The maximum atomic E-state index is 13.9. The molecule has 42 heavy (non-hydrogen) atoms.